The molecule has 13 nitrogen and oxygen atoms in total. The van der Waals surface area contributed by atoms with E-state index in [1.807, 2.05) is 13.8 Å². The molecule has 10 rings (SSSR count). The molecule has 0 amide bonds. The number of carbonyl (C=O) groups is 5. The Morgan fingerprint density at radius 2 is 1.08 bits per heavy atom. The van der Waals surface area contributed by atoms with Gasteiger partial charge in [0.05, 0.1) is 24.4 Å². The average Bonchev–Trinajstić information content (AvgIpc) is 3.81. The number of oxime groups is 1. The fraction of sp³-hybridized carbons (Fsp3) is 0.708. The van der Waals surface area contributed by atoms with Crippen molar-refractivity contribution >= 4 is 35.6 Å². The summed E-state index contributed by atoms with van der Waals surface area (Å²) >= 11 is 0. The number of nitrogens with zero attached hydrogens (tertiary/aromatic N) is 1. The van der Waals surface area contributed by atoms with Crippen molar-refractivity contribution in [2.24, 2.45) is 50.5 Å². The Morgan fingerprint density at radius 3 is 1.46 bits per heavy atom. The van der Waals surface area contributed by atoms with Crippen LogP contribution in [0, 0.1) is 45.3 Å². The van der Waals surface area contributed by atoms with Crippen LogP contribution in [0.15, 0.2) is 52.8 Å². The number of fused-ring (bicyclic) bond motifs is 14. The molecule has 10 aliphatic rings. The lowest BCUT2D eigenvalue weighted by Crippen LogP contribution is -2.69. The zero-order chi connectivity index (χ0) is 45.9. The maximum atomic E-state index is 17.2. The van der Waals surface area contributed by atoms with E-state index in [0.29, 0.717) is 49.7 Å². The van der Waals surface area contributed by atoms with Crippen LogP contribution in [0.3, 0.4) is 0 Å². The Balaban J connectivity index is 0.000000160. The van der Waals surface area contributed by atoms with Crippen LogP contribution < -0.4 is 0 Å². The third-order valence-corrected chi connectivity index (χ3v) is 18.3. The normalized spacial score (nSPS) is 51.5. The summed E-state index contributed by atoms with van der Waals surface area (Å²) in [4.78, 5) is 61.9. The molecule has 0 bridgehead atoms. The number of carbonyl (C=O) groups excluding carboxylic acids is 5. The summed E-state index contributed by atoms with van der Waals surface area (Å²) in [7, 11) is 0. The van der Waals surface area contributed by atoms with Gasteiger partial charge in [-0.15, -0.1) is 0 Å². The molecular weight excluding hydrogens is 821 g/mol. The third-order valence-electron chi connectivity index (χ3n) is 18.3. The number of Topliss-reactive ketones (excluding diaryl/α,β-unsaturated/α-hetero) is 2. The van der Waals surface area contributed by atoms with E-state index in [1.54, 1.807) is 53.7 Å². The van der Waals surface area contributed by atoms with E-state index in [2.05, 4.69) is 5.16 Å². The molecule has 342 valence electrons. The summed E-state index contributed by atoms with van der Waals surface area (Å²) in [5.74, 6) is -5.45. The Bertz CT molecular complexity index is 2250. The standard InChI is InChI=1S/C24H30FNO6.C24H29FO6/c1-20(2)31-19-10-16-15-6-5-13-9-14(27)7-8-21(13,3)23(15,25)17(28)11-22(16,4)24(19,32-20)18(29)12-26-30;1-20(2)30-19-10-16-15-6-5-13-9-14(27)7-8-21(13,3)23(15,25)17(28)11-22(16,4)24(19,31-20)18(29)12-26/h7-9,12,15-17,19,28,30H,5-6,10-11H2,1-4H3;7-9,12,15-17,19,28H,5-6,10-11H2,1-4H3/t2*15?,16?,17-,19+,21?,22?,23-,24+/m00/s1. The first kappa shape index (κ1) is 44.6. The Morgan fingerprint density at radius 1 is 0.683 bits per heavy atom. The number of ether oxygens (including phenoxy) is 4. The van der Waals surface area contributed by atoms with Crippen molar-refractivity contribution in [2.45, 2.75) is 165 Å². The average molecular weight is 880 g/mol. The second-order valence-electron chi connectivity index (χ2n) is 21.8. The van der Waals surface area contributed by atoms with Gasteiger partial charge in [-0.1, -0.05) is 42.3 Å². The molecule has 3 N–H and O–H groups in total. The van der Waals surface area contributed by atoms with Gasteiger partial charge in [0, 0.05) is 33.5 Å². The molecule has 0 aromatic heterocycles. The molecule has 8 aliphatic carbocycles. The highest BCUT2D eigenvalue weighted by atomic mass is 19.1. The largest absolute Gasteiger partial charge is 0.411 e. The van der Waals surface area contributed by atoms with Crippen molar-refractivity contribution in [1.82, 2.24) is 0 Å². The van der Waals surface area contributed by atoms with Gasteiger partial charge in [0.15, 0.2) is 52.0 Å². The molecule has 63 heavy (non-hydrogen) atoms. The predicted molar refractivity (Wildman–Crippen MR) is 219 cm³/mol. The van der Waals surface area contributed by atoms with Crippen molar-refractivity contribution in [3.63, 3.8) is 0 Å². The van der Waals surface area contributed by atoms with Crippen LogP contribution in [0.5, 0.6) is 0 Å². The van der Waals surface area contributed by atoms with E-state index in [1.165, 1.54) is 24.3 Å². The van der Waals surface area contributed by atoms with Crippen molar-refractivity contribution in [3.05, 3.63) is 47.6 Å². The quantitative estimate of drug-likeness (QED) is 0.106. The minimum atomic E-state index is -2.00. The van der Waals surface area contributed by atoms with E-state index in [-0.39, 0.29) is 42.5 Å². The SMILES string of the molecule is CC1(C)O[C@@H]2CC3C4CCC5=CC(=O)C=CC5(C)[C@@]4(F)[C@@H](O)CC3(C)[C@]2(C(=O)C=NO)O1.CC1(C)O[C@@H]2CC3C4CCC5=CC(=O)C=CC5(C)[C@@]4(F)[C@@H](O)CC3(C)[C@]2(C(=O)C=O)O1. The number of alkyl halides is 2. The number of aliphatic hydroxyl groups excluding tert-OH is 2. The number of allylic oxidation sites excluding steroid dienone is 8. The smallest absolute Gasteiger partial charge is 0.230 e. The lowest BCUT2D eigenvalue weighted by Gasteiger charge is -2.62. The fourth-order valence-corrected chi connectivity index (χ4v) is 15.7. The molecule has 16 atom stereocenters. The second kappa shape index (κ2) is 13.5. The van der Waals surface area contributed by atoms with Gasteiger partial charge in [-0.2, -0.15) is 0 Å². The molecule has 0 aromatic rings. The van der Waals surface area contributed by atoms with Crippen LogP contribution in [0.25, 0.3) is 0 Å². The van der Waals surface area contributed by atoms with Gasteiger partial charge in [-0.05, 0) is 129 Å². The van der Waals surface area contributed by atoms with Gasteiger partial charge in [0.1, 0.15) is 6.21 Å². The zero-order valence-electron chi connectivity index (χ0n) is 37.1. The van der Waals surface area contributed by atoms with Gasteiger partial charge in [0.25, 0.3) is 0 Å². The summed E-state index contributed by atoms with van der Waals surface area (Å²) in [5, 5.41) is 34.8. The molecule has 8 fully saturated rings. The van der Waals surface area contributed by atoms with Gasteiger partial charge in [-0.3, -0.25) is 24.0 Å². The monoisotopic (exact) mass is 879 g/mol. The number of hydrogen-bond donors (Lipinski definition) is 3. The predicted octanol–water partition coefficient (Wildman–Crippen LogP) is 5.51. The third kappa shape index (κ3) is 5.29. The summed E-state index contributed by atoms with van der Waals surface area (Å²) in [6.45, 7) is 14.0. The van der Waals surface area contributed by atoms with Crippen LogP contribution in [0.2, 0.25) is 0 Å². The first-order valence-corrected chi connectivity index (χ1v) is 22.3. The Kier molecular flexibility index (Phi) is 9.55. The molecule has 0 radical (unpaired) electrons. The van der Waals surface area contributed by atoms with E-state index in [4.69, 9.17) is 24.2 Å². The minimum Gasteiger partial charge on any atom is -0.411 e. The van der Waals surface area contributed by atoms with Crippen LogP contribution in [0.4, 0.5) is 8.78 Å². The van der Waals surface area contributed by atoms with Crippen molar-refractivity contribution in [1.29, 1.82) is 0 Å². The highest BCUT2D eigenvalue weighted by Crippen LogP contribution is 2.74. The molecule has 0 spiro atoms. The number of halogens is 2. The van der Waals surface area contributed by atoms with Crippen molar-refractivity contribution in [2.75, 3.05) is 0 Å². The first-order chi connectivity index (χ1) is 29.2. The van der Waals surface area contributed by atoms with E-state index >= 15 is 8.78 Å². The fourth-order valence-electron chi connectivity index (χ4n) is 15.7. The summed E-state index contributed by atoms with van der Waals surface area (Å²) in [5.41, 5.74) is -9.73. The van der Waals surface area contributed by atoms with Gasteiger partial charge in [0.2, 0.25) is 11.6 Å². The number of aldehydes is 1. The van der Waals surface area contributed by atoms with E-state index < -0.39 is 104 Å². The molecule has 15 heteroatoms. The number of rotatable bonds is 4. The van der Waals surface area contributed by atoms with Crippen molar-refractivity contribution < 1.29 is 67.1 Å². The molecule has 2 heterocycles. The molecule has 6 saturated carbocycles. The maximum absolute atomic E-state index is 17.2. The lowest BCUT2D eigenvalue weighted by molar-refractivity contribution is -0.244. The molecule has 2 aliphatic heterocycles. The maximum Gasteiger partial charge on any atom is 0.230 e. The Hall–Kier alpha value is -3.60. The molecule has 0 aromatic carbocycles. The summed E-state index contributed by atoms with van der Waals surface area (Å²) in [6, 6.07) is 0. The number of hydrogen-bond acceptors (Lipinski definition) is 13. The Labute approximate surface area is 365 Å². The molecule has 8 unspecified atom stereocenters. The molecule has 2 saturated heterocycles. The molecular formula is C48H59F2NO12. The highest BCUT2D eigenvalue weighted by Gasteiger charge is 2.82. The van der Waals surface area contributed by atoms with Crippen LogP contribution in [-0.4, -0.2) is 110 Å². The van der Waals surface area contributed by atoms with Gasteiger partial charge in [-0.25, -0.2) is 8.78 Å². The zero-order valence-corrected chi connectivity index (χ0v) is 37.1. The van der Waals surface area contributed by atoms with E-state index in [9.17, 15) is 34.2 Å². The van der Waals surface area contributed by atoms with Crippen LogP contribution in [-0.2, 0) is 42.9 Å². The van der Waals surface area contributed by atoms with Gasteiger partial charge >= 0.3 is 0 Å². The summed E-state index contributed by atoms with van der Waals surface area (Å²) in [6.07, 6.45) is 8.62. The first-order valence-electron chi connectivity index (χ1n) is 22.3. The van der Waals surface area contributed by atoms with E-state index in [0.717, 1.165) is 6.21 Å². The highest BCUT2D eigenvalue weighted by molar-refractivity contribution is 6.32. The van der Waals surface area contributed by atoms with Gasteiger partial charge < -0.3 is 34.4 Å². The topological polar surface area (TPSA) is 195 Å². The van der Waals surface area contributed by atoms with Crippen LogP contribution >= 0.6 is 0 Å². The minimum absolute atomic E-state index is 0.0176. The van der Waals surface area contributed by atoms with Crippen LogP contribution in [0.1, 0.15) is 107 Å². The lowest BCUT2D eigenvalue weighted by atomic mass is 9.44. The number of ketones is 4. The summed E-state index contributed by atoms with van der Waals surface area (Å²) < 4.78 is 59.0. The van der Waals surface area contributed by atoms with Crippen molar-refractivity contribution in [3.8, 4) is 0 Å². The number of aliphatic hydroxyl groups is 2. The second-order valence-corrected chi connectivity index (χ2v) is 21.8.